The number of aryl methyl sites for hydroxylation is 1. The van der Waals surface area contributed by atoms with Gasteiger partial charge in [-0.2, -0.15) is 0 Å². The Morgan fingerprint density at radius 2 is 1.86 bits per heavy atom. The molecule has 0 spiro atoms. The smallest absolute Gasteiger partial charge is 0.262 e. The third-order valence-corrected chi connectivity index (χ3v) is 6.03. The Morgan fingerprint density at radius 1 is 1.04 bits per heavy atom. The monoisotopic (exact) mass is 400 g/mol. The fourth-order valence-electron chi connectivity index (χ4n) is 3.28. The van der Waals surface area contributed by atoms with Crippen LogP contribution in [0.5, 0.6) is 11.5 Å². The maximum absolute atomic E-state index is 12.8. The van der Waals surface area contributed by atoms with Crippen molar-refractivity contribution in [2.45, 2.75) is 24.3 Å². The number of hydrogen-bond acceptors (Lipinski definition) is 6. The number of rotatable bonds is 6. The normalized spacial score (nSPS) is 13.2. The lowest BCUT2D eigenvalue weighted by molar-refractivity contribution is 0.354. The molecule has 0 fully saturated rings. The van der Waals surface area contributed by atoms with Crippen molar-refractivity contribution in [3.05, 3.63) is 48.3 Å². The number of methoxy groups -OCH3 is 2. The highest BCUT2D eigenvalue weighted by Crippen LogP contribution is 2.31. The van der Waals surface area contributed by atoms with E-state index in [2.05, 4.69) is 19.5 Å². The van der Waals surface area contributed by atoms with Crippen LogP contribution in [0.2, 0.25) is 0 Å². The van der Waals surface area contributed by atoms with Gasteiger partial charge in [0.1, 0.15) is 5.82 Å². The largest absolute Gasteiger partial charge is 0.493 e. The van der Waals surface area contributed by atoms with Gasteiger partial charge in [-0.05, 0) is 30.7 Å². The molecule has 4 rings (SSSR count). The summed E-state index contributed by atoms with van der Waals surface area (Å²) in [7, 11) is -0.839. The van der Waals surface area contributed by atoms with Crippen LogP contribution in [0.15, 0.2) is 47.4 Å². The van der Waals surface area contributed by atoms with E-state index < -0.39 is 10.0 Å². The highest BCUT2D eigenvalue weighted by molar-refractivity contribution is 7.92. The topological polar surface area (TPSA) is 95.3 Å². The van der Waals surface area contributed by atoms with Gasteiger partial charge < -0.3 is 14.0 Å². The van der Waals surface area contributed by atoms with Gasteiger partial charge in [-0.1, -0.05) is 12.1 Å². The van der Waals surface area contributed by atoms with Crippen LogP contribution >= 0.6 is 0 Å². The van der Waals surface area contributed by atoms with E-state index in [9.17, 15) is 8.42 Å². The maximum atomic E-state index is 12.8. The molecular formula is C19H20N4O4S. The molecule has 0 radical (unpaired) electrons. The van der Waals surface area contributed by atoms with Crippen LogP contribution in [-0.4, -0.2) is 37.4 Å². The summed E-state index contributed by atoms with van der Waals surface area (Å²) in [6, 6.07) is 11.6. The van der Waals surface area contributed by atoms with Crippen LogP contribution in [0.25, 0.3) is 11.4 Å². The van der Waals surface area contributed by atoms with Crippen LogP contribution in [0.1, 0.15) is 12.2 Å². The van der Waals surface area contributed by atoms with Crippen molar-refractivity contribution >= 4 is 15.7 Å². The minimum atomic E-state index is -3.80. The number of nitrogens with one attached hydrogen (secondary N) is 1. The highest BCUT2D eigenvalue weighted by Gasteiger charge is 2.20. The fourth-order valence-corrected chi connectivity index (χ4v) is 4.35. The number of hydrogen-bond donors (Lipinski definition) is 1. The first kappa shape index (κ1) is 18.3. The van der Waals surface area contributed by atoms with E-state index in [0.717, 1.165) is 36.6 Å². The average molecular weight is 400 g/mol. The molecule has 0 saturated heterocycles. The Kier molecular flexibility index (Phi) is 4.68. The molecule has 9 heteroatoms. The Balaban J connectivity index is 1.64. The number of aromatic nitrogens is 3. The molecule has 3 aromatic rings. The van der Waals surface area contributed by atoms with Crippen molar-refractivity contribution < 1.29 is 17.9 Å². The van der Waals surface area contributed by atoms with E-state index in [0.29, 0.717) is 17.2 Å². The van der Waals surface area contributed by atoms with E-state index in [1.54, 1.807) is 24.3 Å². The molecule has 0 unspecified atom stereocenters. The summed E-state index contributed by atoms with van der Waals surface area (Å²) in [5.41, 5.74) is 1.26. The van der Waals surface area contributed by atoms with Crippen LogP contribution in [-0.2, 0) is 23.0 Å². The average Bonchev–Trinajstić information content (AvgIpc) is 3.31. The molecule has 0 aliphatic carbocycles. The second kappa shape index (κ2) is 7.16. The van der Waals surface area contributed by atoms with Crippen molar-refractivity contribution in [1.82, 2.24) is 14.8 Å². The standard InChI is InChI=1S/C19H20N4O4S/c1-26-16-9-8-15(12-17(16)27-2)28(24,25)22-14-6-3-5-13(11-14)19-21-20-18-7-4-10-23(18)19/h3,5-6,8-9,11-12,22H,4,7,10H2,1-2H3. The molecule has 1 N–H and O–H groups in total. The fraction of sp³-hybridized carbons (Fsp3) is 0.263. The molecule has 1 aliphatic heterocycles. The zero-order valence-corrected chi connectivity index (χ0v) is 16.4. The SMILES string of the molecule is COc1ccc(S(=O)(=O)Nc2cccc(-c3nnc4n3CCC4)c2)cc1OC. The summed E-state index contributed by atoms with van der Waals surface area (Å²) in [5, 5.41) is 8.46. The molecule has 28 heavy (non-hydrogen) atoms. The maximum Gasteiger partial charge on any atom is 0.262 e. The highest BCUT2D eigenvalue weighted by atomic mass is 32.2. The van der Waals surface area contributed by atoms with Gasteiger partial charge in [-0.25, -0.2) is 8.42 Å². The van der Waals surface area contributed by atoms with Gasteiger partial charge in [-0.3, -0.25) is 4.72 Å². The quantitative estimate of drug-likeness (QED) is 0.684. The summed E-state index contributed by atoms with van der Waals surface area (Å²) in [4.78, 5) is 0.0823. The second-order valence-corrected chi connectivity index (χ2v) is 8.08. The van der Waals surface area contributed by atoms with Crippen molar-refractivity contribution in [2.75, 3.05) is 18.9 Å². The predicted molar refractivity (Wildman–Crippen MR) is 104 cm³/mol. The van der Waals surface area contributed by atoms with Crippen molar-refractivity contribution in [3.63, 3.8) is 0 Å². The van der Waals surface area contributed by atoms with Gasteiger partial charge in [0, 0.05) is 30.3 Å². The Morgan fingerprint density at radius 3 is 2.64 bits per heavy atom. The number of anilines is 1. The lowest BCUT2D eigenvalue weighted by atomic mass is 10.2. The van der Waals surface area contributed by atoms with E-state index >= 15 is 0 Å². The molecule has 0 saturated carbocycles. The zero-order valence-electron chi connectivity index (χ0n) is 15.5. The summed E-state index contributed by atoms with van der Waals surface area (Å²) in [5.74, 6) is 2.52. The summed E-state index contributed by atoms with van der Waals surface area (Å²) >= 11 is 0. The van der Waals surface area contributed by atoms with E-state index in [-0.39, 0.29) is 4.90 Å². The van der Waals surface area contributed by atoms with E-state index in [4.69, 9.17) is 9.47 Å². The van der Waals surface area contributed by atoms with Gasteiger partial charge in [-0.15, -0.1) is 10.2 Å². The first-order valence-corrected chi connectivity index (χ1v) is 10.3. The third kappa shape index (κ3) is 3.29. The number of sulfonamides is 1. The number of nitrogens with zero attached hydrogens (tertiary/aromatic N) is 3. The molecule has 1 aromatic heterocycles. The second-order valence-electron chi connectivity index (χ2n) is 6.40. The van der Waals surface area contributed by atoms with Gasteiger partial charge in [0.25, 0.3) is 10.0 Å². The molecule has 2 aromatic carbocycles. The van der Waals surface area contributed by atoms with Gasteiger partial charge >= 0.3 is 0 Å². The number of ether oxygens (including phenoxy) is 2. The lowest BCUT2D eigenvalue weighted by Gasteiger charge is -2.12. The van der Waals surface area contributed by atoms with Gasteiger partial charge in [0.2, 0.25) is 0 Å². The molecule has 0 amide bonds. The van der Waals surface area contributed by atoms with Gasteiger partial charge in [0.05, 0.1) is 19.1 Å². The van der Waals surface area contributed by atoms with Crippen LogP contribution in [0.3, 0.4) is 0 Å². The van der Waals surface area contributed by atoms with Crippen LogP contribution in [0.4, 0.5) is 5.69 Å². The first-order valence-electron chi connectivity index (χ1n) is 8.79. The molecule has 1 aliphatic rings. The molecule has 2 heterocycles. The Labute approximate surface area is 163 Å². The lowest BCUT2D eigenvalue weighted by Crippen LogP contribution is -2.13. The molecule has 0 bridgehead atoms. The first-order chi connectivity index (χ1) is 13.5. The van der Waals surface area contributed by atoms with Crippen molar-refractivity contribution in [3.8, 4) is 22.9 Å². The minimum absolute atomic E-state index is 0.0823. The Hall–Kier alpha value is -3.07. The van der Waals surface area contributed by atoms with E-state index in [1.807, 2.05) is 6.07 Å². The van der Waals surface area contributed by atoms with Crippen molar-refractivity contribution in [2.24, 2.45) is 0 Å². The number of fused-ring (bicyclic) bond motifs is 1. The summed E-state index contributed by atoms with van der Waals surface area (Å²) < 4.78 is 40.7. The summed E-state index contributed by atoms with van der Waals surface area (Å²) in [6.07, 6.45) is 1.96. The minimum Gasteiger partial charge on any atom is -0.493 e. The Bertz CT molecular complexity index is 1120. The van der Waals surface area contributed by atoms with Crippen molar-refractivity contribution in [1.29, 1.82) is 0 Å². The molecular weight excluding hydrogens is 380 g/mol. The molecule has 0 atom stereocenters. The molecule has 8 nitrogen and oxygen atoms in total. The van der Waals surface area contributed by atoms with Gasteiger partial charge in [0.15, 0.2) is 17.3 Å². The zero-order chi connectivity index (χ0) is 19.7. The number of benzene rings is 2. The van der Waals surface area contributed by atoms with Crippen LogP contribution in [0, 0.1) is 0 Å². The third-order valence-electron chi connectivity index (χ3n) is 4.65. The predicted octanol–water partition coefficient (Wildman–Crippen LogP) is 2.71. The molecule has 146 valence electrons. The summed E-state index contributed by atoms with van der Waals surface area (Å²) in [6.45, 7) is 0.874. The van der Waals surface area contributed by atoms with Crippen LogP contribution < -0.4 is 14.2 Å². The van der Waals surface area contributed by atoms with E-state index in [1.165, 1.54) is 26.4 Å².